The van der Waals surface area contributed by atoms with E-state index in [1.165, 1.54) is 5.56 Å². The summed E-state index contributed by atoms with van der Waals surface area (Å²) < 4.78 is 5.30. The van der Waals surface area contributed by atoms with Crippen molar-refractivity contribution in [3.63, 3.8) is 0 Å². The quantitative estimate of drug-likeness (QED) is 0.741. The van der Waals surface area contributed by atoms with Gasteiger partial charge in [0.05, 0.1) is 19.7 Å². The van der Waals surface area contributed by atoms with Crippen molar-refractivity contribution in [2.24, 2.45) is 11.7 Å². The number of piperazine rings is 1. The van der Waals surface area contributed by atoms with Gasteiger partial charge < -0.3 is 20.7 Å². The van der Waals surface area contributed by atoms with Crippen LogP contribution in [0.15, 0.2) is 24.3 Å². The topological polar surface area (TPSA) is 87.9 Å². The molecule has 0 bridgehead atoms. The number of hydrogen-bond donors (Lipinski definition) is 2. The van der Waals surface area contributed by atoms with Crippen LogP contribution in [0.3, 0.4) is 0 Å². The summed E-state index contributed by atoms with van der Waals surface area (Å²) >= 11 is 0. The Morgan fingerprint density at radius 3 is 2.44 bits per heavy atom. The average Bonchev–Trinajstić information content (AvgIpc) is 2.70. The van der Waals surface area contributed by atoms with Gasteiger partial charge in [-0.2, -0.15) is 0 Å². The third kappa shape index (κ3) is 5.68. The van der Waals surface area contributed by atoms with Crippen LogP contribution in [0, 0.1) is 5.92 Å². The maximum Gasteiger partial charge on any atom is 0.242 e. The molecule has 2 atom stereocenters. The molecule has 0 spiro atoms. The molecule has 1 aliphatic heterocycles. The molecular formula is C20H32N4O3. The molecule has 2 amide bonds. The van der Waals surface area contributed by atoms with Crippen LogP contribution in [0.5, 0.6) is 5.75 Å². The number of hydrogen-bond acceptors (Lipinski definition) is 5. The van der Waals surface area contributed by atoms with Crippen LogP contribution in [0.2, 0.25) is 0 Å². The number of carbonyl (C=O) groups excluding carboxylic acids is 2. The van der Waals surface area contributed by atoms with Crippen LogP contribution >= 0.6 is 0 Å². The third-order valence-electron chi connectivity index (χ3n) is 5.23. The van der Waals surface area contributed by atoms with E-state index in [4.69, 9.17) is 10.5 Å². The number of amides is 2. The van der Waals surface area contributed by atoms with E-state index in [-0.39, 0.29) is 30.3 Å². The minimum absolute atomic E-state index is 0.00465. The predicted molar refractivity (Wildman–Crippen MR) is 105 cm³/mol. The number of rotatable bonds is 7. The van der Waals surface area contributed by atoms with E-state index in [0.29, 0.717) is 13.1 Å². The number of nitrogens with zero attached hydrogens (tertiary/aromatic N) is 2. The van der Waals surface area contributed by atoms with Gasteiger partial charge in [0.25, 0.3) is 0 Å². The van der Waals surface area contributed by atoms with Crippen LogP contribution in [0.25, 0.3) is 0 Å². The predicted octanol–water partition coefficient (Wildman–Crippen LogP) is 1.000. The molecule has 27 heavy (non-hydrogen) atoms. The fourth-order valence-corrected chi connectivity index (χ4v) is 3.17. The maximum atomic E-state index is 12.4. The highest BCUT2D eigenvalue weighted by atomic mass is 16.5. The normalized spacial score (nSPS) is 17.5. The summed E-state index contributed by atoms with van der Waals surface area (Å²) in [5, 5.41) is 2.65. The lowest BCUT2D eigenvalue weighted by Crippen LogP contribution is -2.53. The highest BCUT2D eigenvalue weighted by molar-refractivity contribution is 5.87. The third-order valence-corrected chi connectivity index (χ3v) is 5.23. The Morgan fingerprint density at radius 1 is 1.19 bits per heavy atom. The number of carbonyl (C=O) groups is 2. The molecule has 0 aliphatic carbocycles. The van der Waals surface area contributed by atoms with Crippen LogP contribution in [0.1, 0.15) is 32.4 Å². The van der Waals surface area contributed by atoms with Gasteiger partial charge in [0, 0.05) is 32.2 Å². The van der Waals surface area contributed by atoms with Gasteiger partial charge in [-0.1, -0.05) is 26.0 Å². The standard InChI is InChI=1S/C20H32N4O3/c1-14(2)19(21)20(26)22-13-18(25)24-10-8-23(9-11-24)15(3)16-6-5-7-17(12-16)27-4/h5-7,12,14-15,19H,8-11,13,21H2,1-4H3,(H,22,26)/t15?,19-/m0/s1. The molecule has 2 rings (SSSR count). The zero-order valence-corrected chi connectivity index (χ0v) is 16.8. The molecule has 1 aliphatic rings. The summed E-state index contributed by atoms with van der Waals surface area (Å²) in [6.45, 7) is 8.83. The van der Waals surface area contributed by atoms with Crippen molar-refractivity contribution in [3.8, 4) is 5.75 Å². The highest BCUT2D eigenvalue weighted by Gasteiger charge is 2.25. The first-order valence-corrected chi connectivity index (χ1v) is 9.52. The van der Waals surface area contributed by atoms with Gasteiger partial charge in [0.2, 0.25) is 11.8 Å². The molecule has 1 aromatic rings. The van der Waals surface area contributed by atoms with E-state index >= 15 is 0 Å². The Bertz CT molecular complexity index is 642. The molecule has 150 valence electrons. The van der Waals surface area contributed by atoms with Gasteiger partial charge in [-0.25, -0.2) is 0 Å². The van der Waals surface area contributed by atoms with Gasteiger partial charge in [-0.3, -0.25) is 14.5 Å². The molecule has 1 saturated heterocycles. The largest absolute Gasteiger partial charge is 0.497 e. The van der Waals surface area contributed by atoms with E-state index in [2.05, 4.69) is 29.3 Å². The fourth-order valence-electron chi connectivity index (χ4n) is 3.17. The Balaban J connectivity index is 1.82. The van der Waals surface area contributed by atoms with E-state index < -0.39 is 6.04 Å². The average molecular weight is 377 g/mol. The van der Waals surface area contributed by atoms with Crippen molar-refractivity contribution in [3.05, 3.63) is 29.8 Å². The Labute approximate surface area is 161 Å². The van der Waals surface area contributed by atoms with E-state index in [9.17, 15) is 9.59 Å². The molecule has 1 fully saturated rings. The van der Waals surface area contributed by atoms with Crippen molar-refractivity contribution in [1.29, 1.82) is 0 Å². The lowest BCUT2D eigenvalue weighted by Gasteiger charge is -2.38. The van der Waals surface area contributed by atoms with Crippen LogP contribution < -0.4 is 15.8 Å². The maximum absolute atomic E-state index is 12.4. The van der Waals surface area contributed by atoms with E-state index in [1.54, 1.807) is 12.0 Å². The summed E-state index contributed by atoms with van der Waals surface area (Å²) in [5.74, 6) is 0.557. The van der Waals surface area contributed by atoms with Crippen molar-refractivity contribution >= 4 is 11.8 Å². The van der Waals surface area contributed by atoms with Gasteiger partial charge in [0.15, 0.2) is 0 Å². The second-order valence-corrected chi connectivity index (χ2v) is 7.36. The van der Waals surface area contributed by atoms with E-state index in [1.807, 2.05) is 26.0 Å². The molecule has 0 radical (unpaired) electrons. The molecule has 1 heterocycles. The SMILES string of the molecule is COc1cccc(C(C)N2CCN(C(=O)CNC(=O)[C@@H](N)C(C)C)CC2)c1. The smallest absolute Gasteiger partial charge is 0.242 e. The molecular weight excluding hydrogens is 344 g/mol. The van der Waals surface area contributed by atoms with Crippen molar-refractivity contribution in [2.75, 3.05) is 39.8 Å². The lowest BCUT2D eigenvalue weighted by atomic mass is 10.1. The monoisotopic (exact) mass is 376 g/mol. The lowest BCUT2D eigenvalue weighted by molar-refractivity contribution is -0.135. The van der Waals surface area contributed by atoms with Gasteiger partial charge >= 0.3 is 0 Å². The number of nitrogens with two attached hydrogens (primary N) is 1. The number of methoxy groups -OCH3 is 1. The molecule has 7 heteroatoms. The molecule has 1 unspecified atom stereocenters. The zero-order chi connectivity index (χ0) is 20.0. The summed E-state index contributed by atoms with van der Waals surface area (Å²) in [4.78, 5) is 28.4. The molecule has 3 N–H and O–H groups in total. The van der Waals surface area contributed by atoms with Gasteiger partial charge in [0.1, 0.15) is 5.75 Å². The fraction of sp³-hybridized carbons (Fsp3) is 0.600. The second-order valence-electron chi connectivity index (χ2n) is 7.36. The van der Waals surface area contributed by atoms with E-state index in [0.717, 1.165) is 18.8 Å². The summed E-state index contributed by atoms with van der Waals surface area (Å²) in [7, 11) is 1.67. The first-order chi connectivity index (χ1) is 12.8. The van der Waals surface area contributed by atoms with Crippen molar-refractivity contribution in [2.45, 2.75) is 32.9 Å². The highest BCUT2D eigenvalue weighted by Crippen LogP contribution is 2.24. The molecule has 7 nitrogen and oxygen atoms in total. The summed E-state index contributed by atoms with van der Waals surface area (Å²) in [6.07, 6.45) is 0. The number of nitrogens with one attached hydrogen (secondary N) is 1. The first-order valence-electron chi connectivity index (χ1n) is 9.52. The Hall–Kier alpha value is -2.12. The van der Waals surface area contributed by atoms with Crippen LogP contribution in [0.4, 0.5) is 0 Å². The van der Waals surface area contributed by atoms with Crippen LogP contribution in [-0.2, 0) is 9.59 Å². The van der Waals surface area contributed by atoms with Crippen molar-refractivity contribution < 1.29 is 14.3 Å². The Kier molecular flexibility index (Phi) is 7.62. The van der Waals surface area contributed by atoms with Gasteiger partial charge in [-0.15, -0.1) is 0 Å². The van der Waals surface area contributed by atoms with Gasteiger partial charge in [-0.05, 0) is 30.5 Å². The summed E-state index contributed by atoms with van der Waals surface area (Å²) in [6, 6.07) is 7.74. The number of benzene rings is 1. The number of ether oxygens (including phenoxy) is 1. The van der Waals surface area contributed by atoms with Crippen LogP contribution in [-0.4, -0.2) is 67.5 Å². The summed E-state index contributed by atoms with van der Waals surface area (Å²) in [5.41, 5.74) is 7.00. The molecule has 0 aromatic heterocycles. The van der Waals surface area contributed by atoms with Crippen molar-refractivity contribution in [1.82, 2.24) is 15.1 Å². The first kappa shape index (κ1) is 21.2. The zero-order valence-electron chi connectivity index (χ0n) is 16.8. The molecule has 0 saturated carbocycles. The second kappa shape index (κ2) is 9.71. The Morgan fingerprint density at radius 2 is 1.85 bits per heavy atom. The molecule has 1 aromatic carbocycles. The minimum atomic E-state index is -0.585. The minimum Gasteiger partial charge on any atom is -0.497 e.